The summed E-state index contributed by atoms with van der Waals surface area (Å²) in [6.45, 7) is 6.26. The standard InChI is InChI=1S/C16H15Cl2N5O.C9H13NO/c1-2-24-14-9-4-3-6-11(14)10-19-16-20-21-22-23(16)13-8-5-7-12(17)15(13)18;1-2-11-9-6-4-3-5-8(9)7-10/h3-9H,2,10H2,1H3,(H,19,20,22);3-6H,2,7,10H2,1H3. The van der Waals surface area contributed by atoms with Gasteiger partial charge in [-0.15, -0.1) is 0 Å². The van der Waals surface area contributed by atoms with Crippen LogP contribution in [0.25, 0.3) is 5.69 Å². The van der Waals surface area contributed by atoms with Gasteiger partial charge in [-0.05, 0) is 48.5 Å². The van der Waals surface area contributed by atoms with Crippen LogP contribution in [0.15, 0.2) is 66.7 Å². The van der Waals surface area contributed by atoms with Crippen molar-refractivity contribution >= 4 is 29.2 Å². The van der Waals surface area contributed by atoms with E-state index in [1.165, 1.54) is 4.68 Å². The SMILES string of the molecule is CCOc1ccccc1CN.CCOc1ccccc1CNc1nnnn1-c1cccc(Cl)c1Cl. The number of nitrogens with zero attached hydrogens (tertiary/aromatic N) is 4. The van der Waals surface area contributed by atoms with Crippen molar-refractivity contribution in [3.8, 4) is 17.2 Å². The van der Waals surface area contributed by atoms with E-state index in [-0.39, 0.29) is 0 Å². The van der Waals surface area contributed by atoms with Gasteiger partial charge in [0.15, 0.2) is 0 Å². The number of benzene rings is 3. The summed E-state index contributed by atoms with van der Waals surface area (Å²) in [5, 5.41) is 15.7. The molecular formula is C25H28Cl2N6O2. The number of nitrogens with one attached hydrogen (secondary N) is 1. The van der Waals surface area contributed by atoms with Gasteiger partial charge in [0, 0.05) is 24.2 Å². The molecule has 0 fully saturated rings. The number of aromatic nitrogens is 4. The maximum atomic E-state index is 6.24. The van der Waals surface area contributed by atoms with Crippen LogP contribution in [0.5, 0.6) is 11.5 Å². The van der Waals surface area contributed by atoms with Crippen molar-refractivity contribution in [2.75, 3.05) is 18.5 Å². The first-order valence-corrected chi connectivity index (χ1v) is 11.9. The fourth-order valence-electron chi connectivity index (χ4n) is 3.20. The first-order valence-electron chi connectivity index (χ1n) is 11.2. The highest BCUT2D eigenvalue weighted by Gasteiger charge is 2.13. The number of anilines is 1. The van der Waals surface area contributed by atoms with Crippen LogP contribution in [-0.2, 0) is 13.1 Å². The average Bonchev–Trinajstić information content (AvgIpc) is 3.35. The summed E-state index contributed by atoms with van der Waals surface area (Å²) in [6.07, 6.45) is 0. The van der Waals surface area contributed by atoms with Crippen molar-refractivity contribution in [2.45, 2.75) is 26.9 Å². The van der Waals surface area contributed by atoms with Gasteiger partial charge < -0.3 is 20.5 Å². The Morgan fingerprint density at radius 2 is 1.49 bits per heavy atom. The molecule has 184 valence electrons. The number of tetrazole rings is 1. The molecule has 4 rings (SSSR count). The van der Waals surface area contributed by atoms with Crippen molar-refractivity contribution in [2.24, 2.45) is 5.73 Å². The van der Waals surface area contributed by atoms with Gasteiger partial charge in [0.25, 0.3) is 0 Å². The summed E-state index contributed by atoms with van der Waals surface area (Å²) < 4.78 is 12.5. The number of nitrogens with two attached hydrogens (primary N) is 1. The fraction of sp³-hybridized carbons (Fsp3) is 0.240. The zero-order valence-electron chi connectivity index (χ0n) is 19.6. The van der Waals surface area contributed by atoms with Gasteiger partial charge in [-0.3, -0.25) is 0 Å². The maximum absolute atomic E-state index is 6.24. The Labute approximate surface area is 215 Å². The molecule has 0 amide bonds. The van der Waals surface area contributed by atoms with Crippen LogP contribution in [0, 0.1) is 0 Å². The number of hydrogen-bond acceptors (Lipinski definition) is 7. The highest BCUT2D eigenvalue weighted by Crippen LogP contribution is 2.29. The van der Waals surface area contributed by atoms with Gasteiger partial charge in [-0.1, -0.05) is 70.8 Å². The highest BCUT2D eigenvalue weighted by molar-refractivity contribution is 6.43. The summed E-state index contributed by atoms with van der Waals surface area (Å²) >= 11 is 12.3. The zero-order valence-corrected chi connectivity index (χ0v) is 21.1. The maximum Gasteiger partial charge on any atom is 0.248 e. The predicted octanol–water partition coefficient (Wildman–Crippen LogP) is 5.52. The number of halogens is 2. The Morgan fingerprint density at radius 3 is 2.14 bits per heavy atom. The van der Waals surface area contributed by atoms with Crippen LogP contribution in [0.3, 0.4) is 0 Å². The predicted molar refractivity (Wildman–Crippen MR) is 140 cm³/mol. The molecule has 4 aromatic rings. The minimum absolute atomic E-state index is 0.393. The summed E-state index contributed by atoms with van der Waals surface area (Å²) in [7, 11) is 0. The second kappa shape index (κ2) is 13.5. The molecule has 1 heterocycles. The number of para-hydroxylation sites is 2. The van der Waals surface area contributed by atoms with Gasteiger partial charge in [0.2, 0.25) is 5.95 Å². The van der Waals surface area contributed by atoms with E-state index < -0.39 is 0 Å². The van der Waals surface area contributed by atoms with Crippen LogP contribution in [0.1, 0.15) is 25.0 Å². The van der Waals surface area contributed by atoms with E-state index in [1.807, 2.05) is 62.4 Å². The van der Waals surface area contributed by atoms with Crippen molar-refractivity contribution in [3.05, 3.63) is 87.9 Å². The molecule has 0 unspecified atom stereocenters. The van der Waals surface area contributed by atoms with E-state index in [2.05, 4.69) is 20.8 Å². The minimum atomic E-state index is 0.393. The van der Waals surface area contributed by atoms with Crippen molar-refractivity contribution in [1.29, 1.82) is 0 Å². The topological polar surface area (TPSA) is 100 Å². The first kappa shape index (κ1) is 26.3. The van der Waals surface area contributed by atoms with Crippen LogP contribution >= 0.6 is 23.2 Å². The summed E-state index contributed by atoms with van der Waals surface area (Å²) in [5.41, 5.74) is 8.18. The molecule has 3 aromatic carbocycles. The second-order valence-electron chi connectivity index (χ2n) is 7.13. The third kappa shape index (κ3) is 7.08. The van der Waals surface area contributed by atoms with Gasteiger partial charge >= 0.3 is 0 Å². The molecule has 0 saturated heterocycles. The van der Waals surface area contributed by atoms with Crippen molar-refractivity contribution < 1.29 is 9.47 Å². The smallest absolute Gasteiger partial charge is 0.248 e. The largest absolute Gasteiger partial charge is 0.494 e. The highest BCUT2D eigenvalue weighted by atomic mass is 35.5. The Hall–Kier alpha value is -3.33. The molecule has 8 nitrogen and oxygen atoms in total. The molecule has 0 saturated carbocycles. The lowest BCUT2D eigenvalue weighted by Gasteiger charge is -2.12. The van der Waals surface area contributed by atoms with E-state index in [4.69, 9.17) is 38.4 Å². The lowest BCUT2D eigenvalue weighted by molar-refractivity contribution is 0.336. The van der Waals surface area contributed by atoms with Gasteiger partial charge in [-0.2, -0.15) is 4.68 Å². The fourth-order valence-corrected chi connectivity index (χ4v) is 3.58. The molecule has 35 heavy (non-hydrogen) atoms. The summed E-state index contributed by atoms with van der Waals surface area (Å²) in [4.78, 5) is 0. The van der Waals surface area contributed by atoms with Crippen LogP contribution in [-0.4, -0.2) is 33.4 Å². The Kier molecular flexibility index (Phi) is 10.2. The molecule has 0 aliphatic rings. The lowest BCUT2D eigenvalue weighted by atomic mass is 10.2. The normalized spacial score (nSPS) is 10.3. The molecule has 0 aliphatic carbocycles. The summed E-state index contributed by atoms with van der Waals surface area (Å²) in [5.74, 6) is 2.19. The quantitative estimate of drug-likeness (QED) is 0.303. The monoisotopic (exact) mass is 514 g/mol. The molecule has 0 bridgehead atoms. The molecular weight excluding hydrogens is 487 g/mol. The molecule has 3 N–H and O–H groups in total. The first-order chi connectivity index (χ1) is 17.1. The van der Waals surface area contributed by atoms with E-state index in [1.54, 1.807) is 18.2 Å². The molecule has 0 aliphatic heterocycles. The second-order valence-corrected chi connectivity index (χ2v) is 7.91. The van der Waals surface area contributed by atoms with E-state index in [0.717, 1.165) is 22.6 Å². The van der Waals surface area contributed by atoms with Gasteiger partial charge in [0.05, 0.1) is 28.9 Å². The molecule has 0 atom stereocenters. The van der Waals surface area contributed by atoms with Crippen molar-refractivity contribution in [3.63, 3.8) is 0 Å². The Bertz CT molecular complexity index is 1220. The average molecular weight is 515 g/mol. The van der Waals surface area contributed by atoms with Gasteiger partial charge in [-0.25, -0.2) is 0 Å². The Morgan fingerprint density at radius 1 is 0.857 bits per heavy atom. The zero-order chi connectivity index (χ0) is 25.0. The molecule has 10 heteroatoms. The van der Waals surface area contributed by atoms with E-state index in [9.17, 15) is 0 Å². The number of hydrogen-bond donors (Lipinski definition) is 2. The third-order valence-corrected chi connectivity index (χ3v) is 5.64. The molecule has 1 aromatic heterocycles. The van der Waals surface area contributed by atoms with Crippen LogP contribution in [0.4, 0.5) is 5.95 Å². The molecule has 0 spiro atoms. The van der Waals surface area contributed by atoms with Gasteiger partial charge in [0.1, 0.15) is 11.5 Å². The number of ether oxygens (including phenoxy) is 2. The van der Waals surface area contributed by atoms with Crippen LogP contribution < -0.4 is 20.5 Å². The Balaban J connectivity index is 0.000000261. The molecule has 0 radical (unpaired) electrons. The third-order valence-electron chi connectivity index (χ3n) is 4.83. The lowest BCUT2D eigenvalue weighted by Crippen LogP contribution is -2.09. The van der Waals surface area contributed by atoms with E-state index >= 15 is 0 Å². The minimum Gasteiger partial charge on any atom is -0.494 e. The summed E-state index contributed by atoms with van der Waals surface area (Å²) in [6, 6.07) is 20.9. The van der Waals surface area contributed by atoms with Crippen molar-refractivity contribution in [1.82, 2.24) is 20.2 Å². The number of rotatable bonds is 9. The van der Waals surface area contributed by atoms with E-state index in [0.29, 0.717) is 48.0 Å². The van der Waals surface area contributed by atoms with Crippen LogP contribution in [0.2, 0.25) is 10.0 Å².